The Bertz CT molecular complexity index is 1280. The summed E-state index contributed by atoms with van der Waals surface area (Å²) in [5.74, 6) is 0. The minimum absolute atomic E-state index is 1.20. The summed E-state index contributed by atoms with van der Waals surface area (Å²) in [7, 11) is 0. The van der Waals surface area contributed by atoms with Crippen LogP contribution in [0, 0.1) is 10.5 Å². The van der Waals surface area contributed by atoms with E-state index in [-0.39, 0.29) is 0 Å². The van der Waals surface area contributed by atoms with E-state index in [4.69, 9.17) is 0 Å². The number of benzene rings is 4. The van der Waals surface area contributed by atoms with Crippen molar-refractivity contribution in [1.29, 1.82) is 0 Å². The van der Waals surface area contributed by atoms with E-state index in [1.54, 1.807) is 0 Å². The summed E-state index contributed by atoms with van der Waals surface area (Å²) in [4.78, 5) is 0. The molecule has 0 fully saturated rings. The smallest absolute Gasteiger partial charge is 0.0551 e. The summed E-state index contributed by atoms with van der Waals surface area (Å²) in [5, 5.41) is 2.59. The molecule has 0 aliphatic heterocycles. The Morgan fingerprint density at radius 1 is 0.630 bits per heavy atom. The Kier molecular flexibility index (Phi) is 4.01. The van der Waals surface area contributed by atoms with Crippen molar-refractivity contribution in [1.82, 2.24) is 4.57 Å². The predicted octanol–water partition coefficient (Wildman–Crippen LogP) is 7.36. The molecule has 1 nitrogen and oxygen atoms in total. The Morgan fingerprint density at radius 2 is 1.41 bits per heavy atom. The van der Waals surface area contributed by atoms with Gasteiger partial charge in [-0.15, -0.1) is 0 Å². The number of fused-ring (bicyclic) bond motifs is 3. The number of hydrogen-bond donors (Lipinski definition) is 0. The lowest BCUT2D eigenvalue weighted by Gasteiger charge is -2.10. The van der Waals surface area contributed by atoms with Crippen molar-refractivity contribution in [2.75, 3.05) is 0 Å². The summed E-state index contributed by atoms with van der Waals surface area (Å²) in [6.07, 6.45) is 0. The SMILES string of the molecule is Cc1ccc(-c2cccc(-n3c4ccccc4c4ccc(I)cc43)c2)cc1. The number of hydrogen-bond acceptors (Lipinski definition) is 0. The first kappa shape index (κ1) is 16.6. The molecule has 1 aromatic heterocycles. The third-order valence-electron chi connectivity index (χ3n) is 5.13. The standard InChI is InChI=1S/C25H18IN/c1-17-9-11-18(12-10-17)19-5-4-6-21(15-19)27-24-8-3-2-7-22(24)23-14-13-20(26)16-25(23)27/h2-16H,1H3. The number of aromatic nitrogens is 1. The lowest BCUT2D eigenvalue weighted by atomic mass is 10.0. The normalized spacial score (nSPS) is 11.3. The number of rotatable bonds is 2. The molecule has 0 radical (unpaired) electrons. The number of nitrogens with zero attached hydrogens (tertiary/aromatic N) is 1. The van der Waals surface area contributed by atoms with Gasteiger partial charge in [-0.05, 0) is 71.0 Å². The molecule has 0 bridgehead atoms. The van der Waals surface area contributed by atoms with Gasteiger partial charge in [0.2, 0.25) is 0 Å². The third-order valence-corrected chi connectivity index (χ3v) is 5.80. The van der Waals surface area contributed by atoms with Gasteiger partial charge < -0.3 is 4.57 Å². The van der Waals surface area contributed by atoms with Gasteiger partial charge in [0.1, 0.15) is 0 Å². The summed E-state index contributed by atoms with van der Waals surface area (Å²) in [5.41, 5.74) is 7.47. The van der Waals surface area contributed by atoms with Crippen LogP contribution in [-0.2, 0) is 0 Å². The van der Waals surface area contributed by atoms with Crippen molar-refractivity contribution in [2.24, 2.45) is 0 Å². The third kappa shape index (κ3) is 2.85. The first-order chi connectivity index (χ1) is 13.2. The van der Waals surface area contributed by atoms with Crippen molar-refractivity contribution in [3.63, 3.8) is 0 Å². The summed E-state index contributed by atoms with van der Waals surface area (Å²) in [6, 6.07) is 32.9. The maximum Gasteiger partial charge on any atom is 0.0551 e. The molecule has 4 aromatic carbocycles. The van der Waals surface area contributed by atoms with E-state index in [1.165, 1.54) is 47.8 Å². The van der Waals surface area contributed by atoms with Crippen LogP contribution >= 0.6 is 22.6 Å². The van der Waals surface area contributed by atoms with E-state index in [0.717, 1.165) is 0 Å². The van der Waals surface area contributed by atoms with Gasteiger partial charge in [-0.3, -0.25) is 0 Å². The lowest BCUT2D eigenvalue weighted by Crippen LogP contribution is -1.94. The van der Waals surface area contributed by atoms with Crippen LogP contribution in [0.3, 0.4) is 0 Å². The van der Waals surface area contributed by atoms with E-state index in [2.05, 4.69) is 125 Å². The molecule has 0 aliphatic rings. The molecule has 0 atom stereocenters. The highest BCUT2D eigenvalue weighted by atomic mass is 127. The van der Waals surface area contributed by atoms with Gasteiger partial charge in [0.25, 0.3) is 0 Å². The van der Waals surface area contributed by atoms with Crippen molar-refractivity contribution < 1.29 is 0 Å². The van der Waals surface area contributed by atoms with Crippen LogP contribution in [0.4, 0.5) is 0 Å². The van der Waals surface area contributed by atoms with Gasteiger partial charge in [-0.2, -0.15) is 0 Å². The molecule has 0 unspecified atom stereocenters. The molecular formula is C25H18IN. The average Bonchev–Trinajstić information content (AvgIpc) is 3.02. The molecular weight excluding hydrogens is 441 g/mol. The van der Waals surface area contributed by atoms with Crippen LogP contribution in [0.5, 0.6) is 0 Å². The van der Waals surface area contributed by atoms with E-state index in [9.17, 15) is 0 Å². The van der Waals surface area contributed by atoms with Crippen molar-refractivity contribution in [2.45, 2.75) is 6.92 Å². The van der Waals surface area contributed by atoms with E-state index >= 15 is 0 Å². The molecule has 1 heterocycles. The molecule has 130 valence electrons. The highest BCUT2D eigenvalue weighted by molar-refractivity contribution is 14.1. The number of aryl methyl sites for hydroxylation is 1. The summed E-state index contributed by atoms with van der Waals surface area (Å²) >= 11 is 2.39. The fraction of sp³-hybridized carbons (Fsp3) is 0.0400. The summed E-state index contributed by atoms with van der Waals surface area (Å²) < 4.78 is 3.63. The Morgan fingerprint density at radius 3 is 2.26 bits per heavy atom. The van der Waals surface area contributed by atoms with Gasteiger partial charge in [-0.1, -0.05) is 66.2 Å². The van der Waals surface area contributed by atoms with Gasteiger partial charge in [0.15, 0.2) is 0 Å². The van der Waals surface area contributed by atoms with Crippen molar-refractivity contribution >= 4 is 44.4 Å². The number of halogens is 1. The topological polar surface area (TPSA) is 4.93 Å². The first-order valence-corrected chi connectivity index (χ1v) is 10.1. The molecule has 0 amide bonds. The van der Waals surface area contributed by atoms with Crippen LogP contribution in [0.15, 0.2) is 91.0 Å². The Hall–Kier alpha value is -2.59. The van der Waals surface area contributed by atoms with Gasteiger partial charge in [0.05, 0.1) is 11.0 Å². The minimum atomic E-state index is 1.20. The van der Waals surface area contributed by atoms with Crippen molar-refractivity contribution in [3.8, 4) is 16.8 Å². The van der Waals surface area contributed by atoms with E-state index in [1.807, 2.05) is 0 Å². The number of para-hydroxylation sites is 1. The van der Waals surface area contributed by atoms with Crippen molar-refractivity contribution in [3.05, 3.63) is 100 Å². The molecule has 5 rings (SSSR count). The summed E-state index contributed by atoms with van der Waals surface area (Å²) in [6.45, 7) is 2.12. The molecule has 0 spiro atoms. The second-order valence-electron chi connectivity index (χ2n) is 6.93. The van der Waals surface area contributed by atoms with Crippen LogP contribution in [0.1, 0.15) is 5.56 Å². The van der Waals surface area contributed by atoms with Crippen LogP contribution in [0.25, 0.3) is 38.6 Å². The maximum absolute atomic E-state index is 2.39. The largest absolute Gasteiger partial charge is 0.309 e. The van der Waals surface area contributed by atoms with Gasteiger partial charge >= 0.3 is 0 Å². The lowest BCUT2D eigenvalue weighted by molar-refractivity contribution is 1.18. The fourth-order valence-corrected chi connectivity index (χ4v) is 4.27. The predicted molar refractivity (Wildman–Crippen MR) is 124 cm³/mol. The van der Waals surface area contributed by atoms with E-state index in [0.29, 0.717) is 0 Å². The molecule has 0 saturated carbocycles. The highest BCUT2D eigenvalue weighted by Crippen LogP contribution is 2.34. The highest BCUT2D eigenvalue weighted by Gasteiger charge is 2.12. The molecule has 5 aromatic rings. The second-order valence-corrected chi connectivity index (χ2v) is 8.18. The zero-order valence-corrected chi connectivity index (χ0v) is 17.1. The molecule has 0 N–H and O–H groups in total. The van der Waals surface area contributed by atoms with Gasteiger partial charge in [-0.25, -0.2) is 0 Å². The fourth-order valence-electron chi connectivity index (χ4n) is 3.79. The maximum atomic E-state index is 2.39. The molecule has 0 aliphatic carbocycles. The molecule has 2 heteroatoms. The van der Waals surface area contributed by atoms with Crippen LogP contribution in [-0.4, -0.2) is 4.57 Å². The van der Waals surface area contributed by atoms with Crippen LogP contribution < -0.4 is 0 Å². The second kappa shape index (κ2) is 6.54. The quantitative estimate of drug-likeness (QED) is 0.243. The Balaban J connectivity index is 1.79. The van der Waals surface area contributed by atoms with Gasteiger partial charge in [0, 0.05) is 20.0 Å². The zero-order chi connectivity index (χ0) is 18.4. The minimum Gasteiger partial charge on any atom is -0.309 e. The van der Waals surface area contributed by atoms with E-state index < -0.39 is 0 Å². The monoisotopic (exact) mass is 459 g/mol. The van der Waals surface area contributed by atoms with Crippen LogP contribution in [0.2, 0.25) is 0 Å². The average molecular weight is 459 g/mol. The molecule has 27 heavy (non-hydrogen) atoms. The molecule has 0 saturated heterocycles. The first-order valence-electron chi connectivity index (χ1n) is 9.07. The zero-order valence-electron chi connectivity index (χ0n) is 15.0. The Labute approximate surface area is 172 Å².